The predicted octanol–water partition coefficient (Wildman–Crippen LogP) is 5.73. The molecular weight excluding hydrogens is 543 g/mol. The molecule has 0 spiro atoms. The second-order valence-corrected chi connectivity index (χ2v) is 10.5. The summed E-state index contributed by atoms with van der Waals surface area (Å²) in [6, 6.07) is 12.1. The molecule has 1 aliphatic rings. The number of aryl methyl sites for hydroxylation is 1. The lowest BCUT2D eigenvalue weighted by Crippen LogP contribution is -2.23. The van der Waals surface area contributed by atoms with Crippen molar-refractivity contribution in [1.29, 1.82) is 0 Å². The van der Waals surface area contributed by atoms with E-state index in [4.69, 9.17) is 11.6 Å². The van der Waals surface area contributed by atoms with Crippen LogP contribution in [0.3, 0.4) is 0 Å². The SMILES string of the molecule is C/C=C/N=C(/C=C/n1c(C)cc(C(C)Cc2cccc3c2CNC3=O)c(Cl)c1=O)c1cccc(C(=O)N(C)C)c1F. The van der Waals surface area contributed by atoms with Crippen LogP contribution >= 0.6 is 11.6 Å². The molecule has 2 heterocycles. The van der Waals surface area contributed by atoms with Crippen LogP contribution < -0.4 is 10.9 Å². The number of fused-ring (bicyclic) bond motifs is 1. The first-order chi connectivity index (χ1) is 19.5. The Morgan fingerprint density at radius 3 is 2.61 bits per heavy atom. The molecule has 1 atom stereocenters. The summed E-state index contributed by atoms with van der Waals surface area (Å²) in [5, 5.41) is 2.95. The number of rotatable bonds is 8. The lowest BCUT2D eigenvalue weighted by Gasteiger charge is -2.18. The smallest absolute Gasteiger partial charge is 0.273 e. The summed E-state index contributed by atoms with van der Waals surface area (Å²) in [6.07, 6.45) is 6.84. The fraction of sp³-hybridized carbons (Fsp3) is 0.250. The molecule has 0 aliphatic carbocycles. The molecule has 3 aromatic rings. The number of pyridine rings is 1. The molecule has 0 saturated heterocycles. The van der Waals surface area contributed by atoms with Crippen LogP contribution in [0.4, 0.5) is 4.39 Å². The summed E-state index contributed by atoms with van der Waals surface area (Å²) in [6.45, 7) is 6.05. The van der Waals surface area contributed by atoms with Gasteiger partial charge >= 0.3 is 0 Å². The molecule has 7 nitrogen and oxygen atoms in total. The van der Waals surface area contributed by atoms with E-state index in [0.29, 0.717) is 29.8 Å². The summed E-state index contributed by atoms with van der Waals surface area (Å²) in [5.41, 5.74) is 3.90. The standard InChI is InChI=1S/C32H32ClFN4O3/c1-6-14-35-27(23-11-8-12-24(29(23)34)31(40)37(4)5)13-15-38-20(3)17-25(28(33)32(38)41)19(2)16-21-9-7-10-22-26(21)18-36-30(22)39/h6-15,17,19H,16,18H2,1-5H3,(H,36,39)/b14-6+,15-13+,35-27-. The quantitative estimate of drug-likeness (QED) is 0.349. The highest BCUT2D eigenvalue weighted by atomic mass is 35.5. The van der Waals surface area contributed by atoms with E-state index < -0.39 is 17.3 Å². The van der Waals surface area contributed by atoms with Crippen LogP contribution in [0.1, 0.15) is 68.4 Å². The van der Waals surface area contributed by atoms with Gasteiger partial charge < -0.3 is 10.2 Å². The maximum atomic E-state index is 15.4. The number of nitrogens with one attached hydrogen (secondary N) is 1. The highest BCUT2D eigenvalue weighted by Crippen LogP contribution is 2.29. The topological polar surface area (TPSA) is 83.8 Å². The van der Waals surface area contributed by atoms with E-state index in [1.807, 2.05) is 31.2 Å². The van der Waals surface area contributed by atoms with Crippen molar-refractivity contribution in [1.82, 2.24) is 14.8 Å². The van der Waals surface area contributed by atoms with Gasteiger partial charge in [0, 0.05) is 49.9 Å². The van der Waals surface area contributed by atoms with Crippen LogP contribution in [0.5, 0.6) is 0 Å². The summed E-state index contributed by atoms with van der Waals surface area (Å²) in [5.74, 6) is -1.33. The van der Waals surface area contributed by atoms with Gasteiger partial charge in [0.15, 0.2) is 0 Å². The fourth-order valence-electron chi connectivity index (χ4n) is 4.88. The molecule has 9 heteroatoms. The maximum Gasteiger partial charge on any atom is 0.273 e. The second-order valence-electron chi connectivity index (χ2n) is 10.1. The van der Waals surface area contributed by atoms with E-state index in [2.05, 4.69) is 10.3 Å². The molecule has 41 heavy (non-hydrogen) atoms. The Bertz CT molecular complexity index is 1670. The molecule has 0 fully saturated rings. The van der Waals surface area contributed by atoms with Crippen molar-refractivity contribution in [3.05, 3.63) is 121 Å². The molecule has 212 valence electrons. The minimum absolute atomic E-state index is 0.0759. The molecule has 2 amide bonds. The Labute approximate surface area is 243 Å². The predicted molar refractivity (Wildman–Crippen MR) is 161 cm³/mol. The number of nitrogens with zero attached hydrogens (tertiary/aromatic N) is 3. The summed E-state index contributed by atoms with van der Waals surface area (Å²) < 4.78 is 16.8. The van der Waals surface area contributed by atoms with Crippen LogP contribution in [-0.2, 0) is 13.0 Å². The van der Waals surface area contributed by atoms with Crippen LogP contribution in [0.2, 0.25) is 5.02 Å². The van der Waals surface area contributed by atoms with Crippen molar-refractivity contribution in [3.8, 4) is 0 Å². The zero-order valence-electron chi connectivity index (χ0n) is 23.7. The maximum absolute atomic E-state index is 15.4. The van der Waals surface area contributed by atoms with E-state index in [-0.39, 0.29) is 33.7 Å². The number of aromatic nitrogens is 1. The molecule has 0 bridgehead atoms. The molecule has 1 N–H and O–H groups in total. The summed E-state index contributed by atoms with van der Waals surface area (Å²) in [4.78, 5) is 43.6. The Morgan fingerprint density at radius 2 is 1.90 bits per heavy atom. The number of amides is 2. The second kappa shape index (κ2) is 12.5. The number of aliphatic imine (C=N–C) groups is 1. The lowest BCUT2D eigenvalue weighted by atomic mass is 9.90. The van der Waals surface area contributed by atoms with Gasteiger partial charge in [0.1, 0.15) is 10.8 Å². The molecular formula is C32H32ClFN4O3. The van der Waals surface area contributed by atoms with Crippen LogP contribution in [0.25, 0.3) is 6.20 Å². The average molecular weight is 575 g/mol. The van der Waals surface area contributed by atoms with Gasteiger partial charge in [-0.15, -0.1) is 0 Å². The van der Waals surface area contributed by atoms with Gasteiger partial charge in [-0.3, -0.25) is 23.9 Å². The zero-order chi connectivity index (χ0) is 29.8. The zero-order valence-corrected chi connectivity index (χ0v) is 24.4. The van der Waals surface area contributed by atoms with Gasteiger partial charge in [-0.2, -0.15) is 0 Å². The minimum atomic E-state index is -0.699. The average Bonchev–Trinajstić information content (AvgIpc) is 3.33. The third kappa shape index (κ3) is 6.07. The van der Waals surface area contributed by atoms with Gasteiger partial charge in [-0.1, -0.05) is 42.8 Å². The van der Waals surface area contributed by atoms with Gasteiger partial charge in [0.05, 0.1) is 11.3 Å². The van der Waals surface area contributed by atoms with Crippen molar-refractivity contribution in [2.75, 3.05) is 14.1 Å². The Balaban J connectivity index is 1.68. The number of allylic oxidation sites excluding steroid dienone is 2. The van der Waals surface area contributed by atoms with Gasteiger partial charge in [-0.25, -0.2) is 4.39 Å². The minimum Gasteiger partial charge on any atom is -0.348 e. The molecule has 1 aliphatic heterocycles. The van der Waals surface area contributed by atoms with Crippen molar-refractivity contribution in [3.63, 3.8) is 0 Å². The lowest BCUT2D eigenvalue weighted by molar-refractivity contribution is 0.0822. The largest absolute Gasteiger partial charge is 0.348 e. The van der Waals surface area contributed by atoms with Crippen molar-refractivity contribution in [2.45, 2.75) is 39.7 Å². The molecule has 4 rings (SSSR count). The van der Waals surface area contributed by atoms with E-state index in [1.54, 1.807) is 40.1 Å². The van der Waals surface area contributed by atoms with Gasteiger partial charge in [0.25, 0.3) is 17.4 Å². The van der Waals surface area contributed by atoms with Crippen molar-refractivity contribution >= 4 is 35.3 Å². The monoisotopic (exact) mass is 574 g/mol. The number of benzene rings is 2. The van der Waals surface area contributed by atoms with Crippen LogP contribution in [0.15, 0.2) is 70.6 Å². The summed E-state index contributed by atoms with van der Waals surface area (Å²) in [7, 11) is 3.11. The van der Waals surface area contributed by atoms with E-state index in [0.717, 1.165) is 11.1 Å². The molecule has 2 aromatic carbocycles. The Morgan fingerprint density at radius 1 is 1.20 bits per heavy atom. The van der Waals surface area contributed by atoms with Crippen molar-refractivity contribution in [2.24, 2.45) is 4.99 Å². The van der Waals surface area contributed by atoms with Crippen LogP contribution in [-0.4, -0.2) is 41.1 Å². The number of carbonyl (C=O) groups excluding carboxylic acids is 2. The van der Waals surface area contributed by atoms with E-state index in [9.17, 15) is 14.4 Å². The Hall–Kier alpha value is -4.30. The first-order valence-electron chi connectivity index (χ1n) is 13.2. The third-order valence-corrected chi connectivity index (χ3v) is 7.44. The third-order valence-electron chi connectivity index (χ3n) is 7.06. The molecule has 0 saturated carbocycles. The first-order valence-corrected chi connectivity index (χ1v) is 13.6. The highest BCUT2D eigenvalue weighted by Gasteiger charge is 2.24. The Kier molecular flexibility index (Phi) is 9.03. The van der Waals surface area contributed by atoms with E-state index in [1.165, 1.54) is 40.1 Å². The molecule has 1 aromatic heterocycles. The number of hydrogen-bond acceptors (Lipinski definition) is 4. The molecule has 0 radical (unpaired) electrons. The number of halogens is 2. The first kappa shape index (κ1) is 29.7. The van der Waals surface area contributed by atoms with Crippen LogP contribution in [0, 0.1) is 12.7 Å². The normalized spacial score (nSPS) is 14.0. The van der Waals surface area contributed by atoms with Gasteiger partial charge in [-0.05, 0) is 73.2 Å². The molecule has 1 unspecified atom stereocenters. The summed E-state index contributed by atoms with van der Waals surface area (Å²) >= 11 is 6.62. The number of carbonyl (C=O) groups is 2. The highest BCUT2D eigenvalue weighted by molar-refractivity contribution is 6.31. The fourth-order valence-corrected chi connectivity index (χ4v) is 5.21. The van der Waals surface area contributed by atoms with E-state index >= 15 is 4.39 Å². The number of hydrogen-bond donors (Lipinski definition) is 1. The van der Waals surface area contributed by atoms with Crippen molar-refractivity contribution < 1.29 is 14.0 Å². The van der Waals surface area contributed by atoms with Gasteiger partial charge in [0.2, 0.25) is 0 Å².